The van der Waals surface area contributed by atoms with Crippen LogP contribution in [0.15, 0.2) is 54.9 Å². The lowest BCUT2D eigenvalue weighted by Crippen LogP contribution is -2.40. The van der Waals surface area contributed by atoms with Crippen LogP contribution in [0.2, 0.25) is 5.02 Å². The summed E-state index contributed by atoms with van der Waals surface area (Å²) < 4.78 is 7.04. The molecule has 146 valence electrons. The molecule has 1 aliphatic heterocycles. The first-order valence-corrected chi connectivity index (χ1v) is 9.73. The molecule has 3 heterocycles. The zero-order valence-corrected chi connectivity index (χ0v) is 16.3. The minimum absolute atomic E-state index is 0.0119. The lowest BCUT2D eigenvalue weighted by Gasteiger charge is -2.26. The molecule has 29 heavy (non-hydrogen) atoms. The van der Waals surface area contributed by atoms with Crippen molar-refractivity contribution in [3.05, 3.63) is 65.4 Å². The number of hydrogen-bond acceptors (Lipinski definition) is 4. The average Bonchev–Trinajstić information content (AvgIpc) is 3.40. The molecular weight excluding hydrogens is 390 g/mol. The van der Waals surface area contributed by atoms with Gasteiger partial charge in [0.15, 0.2) is 0 Å². The molecule has 8 heteroatoms. The zero-order chi connectivity index (χ0) is 19.8. The number of halogens is 1. The number of nitrogens with one attached hydrogen (secondary N) is 1. The Kier molecular flexibility index (Phi) is 4.54. The minimum atomic E-state index is 0.0119. The molecule has 1 amide bonds. The number of para-hydroxylation sites is 1. The number of morpholine rings is 1. The van der Waals surface area contributed by atoms with Crippen LogP contribution in [-0.2, 0) is 4.74 Å². The third-order valence-electron chi connectivity index (χ3n) is 4.98. The van der Waals surface area contributed by atoms with Gasteiger partial charge < -0.3 is 14.6 Å². The lowest BCUT2D eigenvalue weighted by atomic mass is 10.1. The summed E-state index contributed by atoms with van der Waals surface area (Å²) in [6.07, 6.45) is 3.61. The van der Waals surface area contributed by atoms with Gasteiger partial charge in [-0.2, -0.15) is 5.10 Å². The standard InChI is InChI=1S/C21H18ClN5O2/c22-16-3-1-2-4-19(16)27-13-15(12-23-27)20-24-17-6-5-14(11-18(17)25-20)21(28)26-7-9-29-10-8-26/h1-6,11-13H,7-10H2,(H,24,25). The third kappa shape index (κ3) is 3.39. The highest BCUT2D eigenvalue weighted by Gasteiger charge is 2.19. The normalized spacial score (nSPS) is 14.4. The van der Waals surface area contributed by atoms with E-state index in [0.29, 0.717) is 42.7 Å². The van der Waals surface area contributed by atoms with E-state index in [1.807, 2.05) is 53.6 Å². The Balaban J connectivity index is 1.45. The fourth-order valence-electron chi connectivity index (χ4n) is 3.44. The van der Waals surface area contributed by atoms with Crippen molar-refractivity contribution in [2.75, 3.05) is 26.3 Å². The van der Waals surface area contributed by atoms with Gasteiger partial charge in [0.2, 0.25) is 0 Å². The maximum Gasteiger partial charge on any atom is 0.254 e. The van der Waals surface area contributed by atoms with E-state index in [4.69, 9.17) is 16.3 Å². The summed E-state index contributed by atoms with van der Waals surface area (Å²) >= 11 is 6.26. The third-order valence-corrected chi connectivity index (χ3v) is 5.30. The van der Waals surface area contributed by atoms with E-state index < -0.39 is 0 Å². The smallest absolute Gasteiger partial charge is 0.254 e. The van der Waals surface area contributed by atoms with Crippen LogP contribution in [0.3, 0.4) is 0 Å². The van der Waals surface area contributed by atoms with Gasteiger partial charge in [-0.15, -0.1) is 0 Å². The van der Waals surface area contributed by atoms with E-state index in [1.54, 1.807) is 10.9 Å². The molecule has 2 aromatic carbocycles. The number of carbonyl (C=O) groups is 1. The van der Waals surface area contributed by atoms with Crippen molar-refractivity contribution in [3.63, 3.8) is 0 Å². The highest BCUT2D eigenvalue weighted by molar-refractivity contribution is 6.32. The van der Waals surface area contributed by atoms with Gasteiger partial charge in [0.1, 0.15) is 5.82 Å². The van der Waals surface area contributed by atoms with Gasteiger partial charge in [0.25, 0.3) is 5.91 Å². The van der Waals surface area contributed by atoms with Crippen LogP contribution in [0.5, 0.6) is 0 Å². The summed E-state index contributed by atoms with van der Waals surface area (Å²) in [5.41, 5.74) is 3.88. The second kappa shape index (κ2) is 7.35. The molecule has 0 unspecified atom stereocenters. The summed E-state index contributed by atoms with van der Waals surface area (Å²) in [7, 11) is 0. The molecule has 1 saturated heterocycles. The molecule has 0 saturated carbocycles. The average molecular weight is 408 g/mol. The predicted molar refractivity (Wildman–Crippen MR) is 110 cm³/mol. The van der Waals surface area contributed by atoms with Crippen molar-refractivity contribution >= 4 is 28.5 Å². The van der Waals surface area contributed by atoms with E-state index in [-0.39, 0.29) is 5.91 Å². The predicted octanol–water partition coefficient (Wildman–Crippen LogP) is 3.54. The van der Waals surface area contributed by atoms with E-state index >= 15 is 0 Å². The van der Waals surface area contributed by atoms with Crippen molar-refractivity contribution in [3.8, 4) is 17.1 Å². The van der Waals surface area contributed by atoms with Crippen LogP contribution in [0, 0.1) is 0 Å². The monoisotopic (exact) mass is 407 g/mol. The van der Waals surface area contributed by atoms with Crippen LogP contribution in [0.25, 0.3) is 28.1 Å². The number of aromatic amines is 1. The zero-order valence-electron chi connectivity index (χ0n) is 15.5. The fourth-order valence-corrected chi connectivity index (χ4v) is 3.67. The maximum atomic E-state index is 12.7. The van der Waals surface area contributed by atoms with Crippen molar-refractivity contribution in [2.45, 2.75) is 0 Å². The number of hydrogen-bond donors (Lipinski definition) is 1. The van der Waals surface area contributed by atoms with Crippen LogP contribution in [0.1, 0.15) is 10.4 Å². The van der Waals surface area contributed by atoms with Crippen molar-refractivity contribution in [1.82, 2.24) is 24.6 Å². The highest BCUT2D eigenvalue weighted by Crippen LogP contribution is 2.24. The van der Waals surface area contributed by atoms with E-state index in [1.165, 1.54) is 0 Å². The maximum absolute atomic E-state index is 12.7. The molecule has 0 aliphatic carbocycles. The molecule has 1 aliphatic rings. The number of ether oxygens (including phenoxy) is 1. The first-order chi connectivity index (χ1) is 14.2. The number of imidazole rings is 1. The van der Waals surface area contributed by atoms with Crippen molar-refractivity contribution in [1.29, 1.82) is 0 Å². The van der Waals surface area contributed by atoms with Crippen LogP contribution in [-0.4, -0.2) is 56.9 Å². The Hall–Kier alpha value is -3.16. The number of fused-ring (bicyclic) bond motifs is 1. The van der Waals surface area contributed by atoms with E-state index in [0.717, 1.165) is 22.3 Å². The summed E-state index contributed by atoms with van der Waals surface area (Å²) in [5.74, 6) is 0.701. The Morgan fingerprint density at radius 2 is 1.97 bits per heavy atom. The number of rotatable bonds is 3. The number of H-pyrrole nitrogens is 1. The second-order valence-corrected chi connectivity index (χ2v) is 7.25. The number of carbonyl (C=O) groups excluding carboxylic acids is 1. The van der Waals surface area contributed by atoms with Gasteiger partial charge >= 0.3 is 0 Å². The summed E-state index contributed by atoms with van der Waals surface area (Å²) in [6.45, 7) is 2.40. The Morgan fingerprint density at radius 3 is 2.79 bits per heavy atom. The topological polar surface area (TPSA) is 76.0 Å². The molecule has 7 nitrogen and oxygen atoms in total. The molecule has 0 radical (unpaired) electrons. The Bertz CT molecular complexity index is 1190. The van der Waals surface area contributed by atoms with Gasteiger partial charge in [-0.3, -0.25) is 4.79 Å². The quantitative estimate of drug-likeness (QED) is 0.563. The largest absolute Gasteiger partial charge is 0.378 e. The molecule has 0 atom stereocenters. The first-order valence-electron chi connectivity index (χ1n) is 9.36. The van der Waals surface area contributed by atoms with Crippen LogP contribution >= 0.6 is 11.6 Å². The molecule has 5 rings (SSSR count). The fraction of sp³-hybridized carbons (Fsp3) is 0.190. The van der Waals surface area contributed by atoms with Crippen molar-refractivity contribution in [2.24, 2.45) is 0 Å². The molecule has 1 fully saturated rings. The lowest BCUT2D eigenvalue weighted by molar-refractivity contribution is 0.0303. The molecule has 2 aromatic heterocycles. The van der Waals surface area contributed by atoms with Gasteiger partial charge in [-0.25, -0.2) is 9.67 Å². The van der Waals surface area contributed by atoms with E-state index in [9.17, 15) is 4.79 Å². The summed E-state index contributed by atoms with van der Waals surface area (Å²) in [5, 5.41) is 5.02. The number of benzene rings is 2. The molecule has 1 N–H and O–H groups in total. The van der Waals surface area contributed by atoms with Crippen LogP contribution in [0.4, 0.5) is 0 Å². The number of nitrogens with zero attached hydrogens (tertiary/aromatic N) is 4. The molecule has 0 spiro atoms. The molecule has 0 bridgehead atoms. The Morgan fingerprint density at radius 1 is 1.14 bits per heavy atom. The van der Waals surface area contributed by atoms with E-state index in [2.05, 4.69) is 15.1 Å². The SMILES string of the molecule is O=C(c1ccc2nc(-c3cnn(-c4ccccc4Cl)c3)[nH]c2c1)N1CCOCC1. The van der Waals surface area contributed by atoms with Gasteiger partial charge in [-0.05, 0) is 30.3 Å². The molecular formula is C21H18ClN5O2. The first kappa shape index (κ1) is 17.9. The second-order valence-electron chi connectivity index (χ2n) is 6.85. The van der Waals surface area contributed by atoms with Crippen molar-refractivity contribution < 1.29 is 9.53 Å². The summed E-state index contributed by atoms with van der Waals surface area (Å²) in [4.78, 5) is 22.5. The highest BCUT2D eigenvalue weighted by atomic mass is 35.5. The Labute approximate surface area is 171 Å². The molecule has 4 aromatic rings. The van der Waals surface area contributed by atoms with Gasteiger partial charge in [0, 0.05) is 24.8 Å². The number of aromatic nitrogens is 4. The minimum Gasteiger partial charge on any atom is -0.378 e. The number of amides is 1. The van der Waals surface area contributed by atoms with Gasteiger partial charge in [-0.1, -0.05) is 23.7 Å². The summed E-state index contributed by atoms with van der Waals surface area (Å²) in [6, 6.07) is 13.1. The van der Waals surface area contributed by atoms with Gasteiger partial charge in [0.05, 0.1) is 46.7 Å². The van der Waals surface area contributed by atoms with Crippen LogP contribution < -0.4 is 0 Å².